The summed E-state index contributed by atoms with van der Waals surface area (Å²) in [6, 6.07) is 15.3. The second kappa shape index (κ2) is 7.75. The van der Waals surface area contributed by atoms with E-state index in [-0.39, 0.29) is 17.3 Å². The van der Waals surface area contributed by atoms with Crippen LogP contribution in [-0.4, -0.2) is 27.4 Å². The molecule has 0 spiro atoms. The quantitative estimate of drug-likeness (QED) is 0.655. The van der Waals surface area contributed by atoms with Gasteiger partial charge in [-0.05, 0) is 36.2 Å². The maximum Gasteiger partial charge on any atom is 0.241 e. The molecule has 122 valence electrons. The lowest BCUT2D eigenvalue weighted by Gasteiger charge is -2.08. The predicted octanol–water partition coefficient (Wildman–Crippen LogP) is 0.906. The average Bonchev–Trinajstić information content (AvgIpc) is 2.56. The predicted molar refractivity (Wildman–Crippen MR) is 89.2 cm³/mol. The summed E-state index contributed by atoms with van der Waals surface area (Å²) in [5.41, 5.74) is 7.33. The molecule has 23 heavy (non-hydrogen) atoms. The fourth-order valence-electron chi connectivity index (χ4n) is 1.94. The molecule has 4 N–H and O–H groups in total. The zero-order valence-electron chi connectivity index (χ0n) is 12.5. The highest BCUT2D eigenvalue weighted by Crippen LogP contribution is 2.07. The number of hydrogen-bond acceptors (Lipinski definition) is 4. The maximum atomic E-state index is 12.0. The van der Waals surface area contributed by atoms with Crippen LogP contribution in [0, 0.1) is 0 Å². The van der Waals surface area contributed by atoms with Gasteiger partial charge in [0.25, 0.3) is 0 Å². The SMILES string of the molecule is Nc1ccc(CCNC(=O)CNS(=O)(=O)c2ccccc2)cc1. The van der Waals surface area contributed by atoms with Crippen molar-refractivity contribution < 1.29 is 13.2 Å². The van der Waals surface area contributed by atoms with Crippen LogP contribution in [-0.2, 0) is 21.2 Å². The molecule has 1 amide bonds. The second-order valence-corrected chi connectivity index (χ2v) is 6.75. The highest BCUT2D eigenvalue weighted by molar-refractivity contribution is 7.89. The summed E-state index contributed by atoms with van der Waals surface area (Å²) in [5.74, 6) is -0.375. The fourth-order valence-corrected chi connectivity index (χ4v) is 2.94. The van der Waals surface area contributed by atoms with Gasteiger partial charge in [0.15, 0.2) is 0 Å². The fraction of sp³-hybridized carbons (Fsp3) is 0.188. The number of amides is 1. The van der Waals surface area contributed by atoms with Crippen LogP contribution >= 0.6 is 0 Å². The number of benzene rings is 2. The van der Waals surface area contributed by atoms with Gasteiger partial charge in [0.05, 0.1) is 11.4 Å². The monoisotopic (exact) mass is 333 g/mol. The summed E-state index contributed by atoms with van der Waals surface area (Å²) in [4.78, 5) is 11.8. The van der Waals surface area contributed by atoms with Crippen molar-refractivity contribution in [1.29, 1.82) is 0 Å². The average molecular weight is 333 g/mol. The van der Waals surface area contributed by atoms with Crippen molar-refractivity contribution in [2.45, 2.75) is 11.3 Å². The molecular weight excluding hydrogens is 314 g/mol. The summed E-state index contributed by atoms with van der Waals surface area (Å²) >= 11 is 0. The van der Waals surface area contributed by atoms with E-state index in [1.807, 2.05) is 12.1 Å². The lowest BCUT2D eigenvalue weighted by Crippen LogP contribution is -2.37. The molecule has 0 saturated carbocycles. The van der Waals surface area contributed by atoms with Crippen LogP contribution < -0.4 is 15.8 Å². The van der Waals surface area contributed by atoms with E-state index in [0.29, 0.717) is 18.7 Å². The number of hydrogen-bond donors (Lipinski definition) is 3. The number of sulfonamides is 1. The van der Waals surface area contributed by atoms with Crippen molar-refractivity contribution in [2.75, 3.05) is 18.8 Å². The lowest BCUT2D eigenvalue weighted by atomic mass is 10.1. The second-order valence-electron chi connectivity index (χ2n) is 4.98. The smallest absolute Gasteiger partial charge is 0.241 e. The van der Waals surface area contributed by atoms with Gasteiger partial charge in [-0.1, -0.05) is 30.3 Å². The van der Waals surface area contributed by atoms with Gasteiger partial charge in [-0.25, -0.2) is 13.1 Å². The molecule has 0 aliphatic carbocycles. The van der Waals surface area contributed by atoms with Crippen LogP contribution in [0.4, 0.5) is 5.69 Å². The molecule has 0 saturated heterocycles. The molecule has 0 radical (unpaired) electrons. The zero-order chi connectivity index (χ0) is 16.7. The van der Waals surface area contributed by atoms with Gasteiger partial charge < -0.3 is 11.1 Å². The van der Waals surface area contributed by atoms with Gasteiger partial charge in [0, 0.05) is 12.2 Å². The third-order valence-corrected chi connectivity index (χ3v) is 4.61. The first kappa shape index (κ1) is 17.0. The largest absolute Gasteiger partial charge is 0.399 e. The van der Waals surface area contributed by atoms with E-state index in [1.54, 1.807) is 30.3 Å². The van der Waals surface area contributed by atoms with Crippen LogP contribution in [0.15, 0.2) is 59.5 Å². The molecule has 0 heterocycles. The normalized spacial score (nSPS) is 11.1. The van der Waals surface area contributed by atoms with Crippen molar-refractivity contribution in [3.63, 3.8) is 0 Å². The first-order valence-electron chi connectivity index (χ1n) is 7.13. The lowest BCUT2D eigenvalue weighted by molar-refractivity contribution is -0.119. The van der Waals surface area contributed by atoms with E-state index in [4.69, 9.17) is 5.73 Å². The molecule has 0 unspecified atom stereocenters. The van der Waals surface area contributed by atoms with Crippen LogP contribution in [0.2, 0.25) is 0 Å². The van der Waals surface area contributed by atoms with Crippen LogP contribution in [0.1, 0.15) is 5.56 Å². The number of nitrogen functional groups attached to an aromatic ring is 1. The standard InChI is InChI=1S/C16H19N3O3S/c17-14-8-6-13(7-9-14)10-11-18-16(20)12-19-23(21,22)15-4-2-1-3-5-15/h1-9,19H,10-12,17H2,(H,18,20). The van der Waals surface area contributed by atoms with Gasteiger partial charge in [-0.2, -0.15) is 0 Å². The molecule has 0 aliphatic heterocycles. The van der Waals surface area contributed by atoms with Gasteiger partial charge in [0.1, 0.15) is 0 Å². The molecule has 2 aromatic carbocycles. The number of carbonyl (C=O) groups is 1. The molecule has 0 fully saturated rings. The van der Waals surface area contributed by atoms with Gasteiger partial charge >= 0.3 is 0 Å². The minimum absolute atomic E-state index is 0.134. The van der Waals surface area contributed by atoms with Gasteiger partial charge in [-0.3, -0.25) is 4.79 Å². The number of carbonyl (C=O) groups excluding carboxylic acids is 1. The van der Waals surface area contributed by atoms with E-state index >= 15 is 0 Å². The Kier molecular flexibility index (Phi) is 5.72. The number of nitrogens with two attached hydrogens (primary N) is 1. The summed E-state index contributed by atoms with van der Waals surface area (Å²) in [7, 11) is -3.66. The molecule has 2 rings (SSSR count). The number of nitrogens with one attached hydrogen (secondary N) is 2. The third-order valence-electron chi connectivity index (χ3n) is 3.19. The minimum atomic E-state index is -3.66. The topological polar surface area (TPSA) is 101 Å². The van der Waals surface area contributed by atoms with Crippen molar-refractivity contribution in [3.8, 4) is 0 Å². The first-order valence-corrected chi connectivity index (χ1v) is 8.61. The third kappa shape index (κ3) is 5.39. The Hall–Kier alpha value is -2.38. The molecule has 6 nitrogen and oxygen atoms in total. The van der Waals surface area contributed by atoms with E-state index in [9.17, 15) is 13.2 Å². The van der Waals surface area contributed by atoms with Gasteiger partial charge in [0.2, 0.25) is 15.9 Å². The molecule has 7 heteroatoms. The van der Waals surface area contributed by atoms with E-state index in [0.717, 1.165) is 5.56 Å². The highest BCUT2D eigenvalue weighted by Gasteiger charge is 2.14. The Morgan fingerprint density at radius 3 is 2.30 bits per heavy atom. The Balaban J connectivity index is 1.76. The zero-order valence-corrected chi connectivity index (χ0v) is 13.3. The molecule has 0 aliphatic rings. The number of anilines is 1. The molecule has 0 atom stereocenters. The molecular formula is C16H19N3O3S. The Bertz CT molecular complexity index is 744. The molecule has 2 aromatic rings. The van der Waals surface area contributed by atoms with E-state index in [2.05, 4.69) is 10.0 Å². The van der Waals surface area contributed by atoms with Crippen molar-refractivity contribution in [1.82, 2.24) is 10.0 Å². The van der Waals surface area contributed by atoms with Crippen LogP contribution in [0.3, 0.4) is 0 Å². The van der Waals surface area contributed by atoms with Crippen molar-refractivity contribution >= 4 is 21.6 Å². The van der Waals surface area contributed by atoms with E-state index in [1.165, 1.54) is 12.1 Å². The van der Waals surface area contributed by atoms with Crippen LogP contribution in [0.25, 0.3) is 0 Å². The summed E-state index contributed by atoms with van der Waals surface area (Å²) in [5, 5.41) is 2.67. The van der Waals surface area contributed by atoms with Crippen molar-refractivity contribution in [2.24, 2.45) is 0 Å². The molecule has 0 aromatic heterocycles. The summed E-state index contributed by atoms with van der Waals surface area (Å²) in [6.45, 7) is 0.134. The summed E-state index contributed by atoms with van der Waals surface area (Å²) < 4.78 is 26.2. The Labute approximate surface area is 135 Å². The summed E-state index contributed by atoms with van der Waals surface area (Å²) in [6.07, 6.45) is 0.650. The number of rotatable bonds is 7. The van der Waals surface area contributed by atoms with Crippen LogP contribution in [0.5, 0.6) is 0 Å². The maximum absolute atomic E-state index is 12.0. The minimum Gasteiger partial charge on any atom is -0.399 e. The van der Waals surface area contributed by atoms with Crippen molar-refractivity contribution in [3.05, 3.63) is 60.2 Å². The van der Waals surface area contributed by atoms with E-state index < -0.39 is 10.0 Å². The Morgan fingerprint density at radius 1 is 1.00 bits per heavy atom. The highest BCUT2D eigenvalue weighted by atomic mass is 32.2. The van der Waals surface area contributed by atoms with Gasteiger partial charge in [-0.15, -0.1) is 0 Å². The first-order chi connectivity index (χ1) is 11.0. The molecule has 0 bridgehead atoms. The Morgan fingerprint density at radius 2 is 1.65 bits per heavy atom.